The predicted molar refractivity (Wildman–Crippen MR) is 80.6 cm³/mol. The van der Waals surface area contributed by atoms with E-state index in [0.29, 0.717) is 12.0 Å². The minimum Gasteiger partial charge on any atom is -0.309 e. The molecule has 0 bridgehead atoms. The fourth-order valence-corrected chi connectivity index (χ4v) is 4.37. The van der Waals surface area contributed by atoms with Gasteiger partial charge in [0.05, 0.1) is 0 Å². The highest BCUT2D eigenvalue weighted by Gasteiger charge is 2.22. The van der Waals surface area contributed by atoms with E-state index in [4.69, 9.17) is 0 Å². The van der Waals surface area contributed by atoms with Crippen molar-refractivity contribution in [1.82, 2.24) is 5.32 Å². The average molecular weight is 275 g/mol. The van der Waals surface area contributed by atoms with Crippen LogP contribution < -0.4 is 5.32 Å². The Kier molecular flexibility index (Phi) is 3.73. The molecule has 0 aliphatic carbocycles. The van der Waals surface area contributed by atoms with Gasteiger partial charge in [0.25, 0.3) is 0 Å². The highest BCUT2D eigenvalue weighted by atomic mass is 32.2. The van der Waals surface area contributed by atoms with Crippen molar-refractivity contribution in [3.63, 3.8) is 0 Å². The molecule has 2 heterocycles. The Labute approximate surface area is 117 Å². The maximum Gasteiger partial charge on any atom is 0.0386 e. The van der Waals surface area contributed by atoms with E-state index < -0.39 is 0 Å². The van der Waals surface area contributed by atoms with Crippen molar-refractivity contribution in [1.29, 1.82) is 0 Å². The number of fused-ring (bicyclic) bond motifs is 1. The van der Waals surface area contributed by atoms with E-state index in [9.17, 15) is 0 Å². The summed E-state index contributed by atoms with van der Waals surface area (Å²) in [5.41, 5.74) is 1.52. The molecule has 0 radical (unpaired) electrons. The minimum absolute atomic E-state index is 0.461. The highest BCUT2D eigenvalue weighted by molar-refractivity contribution is 7.99. The van der Waals surface area contributed by atoms with Crippen LogP contribution in [0, 0.1) is 0 Å². The van der Waals surface area contributed by atoms with E-state index in [-0.39, 0.29) is 0 Å². The first kappa shape index (κ1) is 12.3. The molecule has 1 aromatic heterocycles. The Bertz CT molecular complexity index is 507. The summed E-state index contributed by atoms with van der Waals surface area (Å²) in [6, 6.07) is 13.6. The molecule has 0 spiro atoms. The molecule has 1 aliphatic rings. The van der Waals surface area contributed by atoms with Crippen molar-refractivity contribution in [2.45, 2.75) is 23.8 Å². The van der Waals surface area contributed by atoms with E-state index in [1.165, 1.54) is 21.1 Å². The monoisotopic (exact) mass is 275 g/mol. The first-order chi connectivity index (χ1) is 8.84. The Morgan fingerprint density at radius 3 is 3.00 bits per heavy atom. The Morgan fingerprint density at radius 2 is 2.17 bits per heavy atom. The molecular formula is C15H17NS2. The van der Waals surface area contributed by atoms with Gasteiger partial charge in [-0.15, -0.1) is 23.1 Å². The summed E-state index contributed by atoms with van der Waals surface area (Å²) in [7, 11) is 0. The number of rotatable bonds is 4. The molecule has 1 N–H and O–H groups in total. The number of hydrogen-bond donors (Lipinski definition) is 1. The third kappa shape index (κ3) is 2.48. The van der Waals surface area contributed by atoms with Crippen LogP contribution in [0.1, 0.15) is 29.3 Å². The maximum atomic E-state index is 3.66. The first-order valence-electron chi connectivity index (χ1n) is 6.33. The lowest BCUT2D eigenvalue weighted by Crippen LogP contribution is -2.24. The fourth-order valence-electron chi connectivity index (χ4n) is 2.36. The summed E-state index contributed by atoms with van der Waals surface area (Å²) >= 11 is 3.82. The summed E-state index contributed by atoms with van der Waals surface area (Å²) in [6.45, 7) is 3.32. The van der Waals surface area contributed by atoms with E-state index in [2.05, 4.69) is 54.0 Å². The molecule has 1 aliphatic heterocycles. The number of benzene rings is 1. The molecule has 2 aromatic rings. The minimum atomic E-state index is 0.461. The Hall–Kier alpha value is -0.770. The topological polar surface area (TPSA) is 12.0 Å². The molecule has 0 amide bonds. The molecule has 0 fully saturated rings. The van der Waals surface area contributed by atoms with Gasteiger partial charge in [0, 0.05) is 34.0 Å². The molecule has 3 heteroatoms. The van der Waals surface area contributed by atoms with Gasteiger partial charge in [0.2, 0.25) is 0 Å². The summed E-state index contributed by atoms with van der Waals surface area (Å²) in [4.78, 5) is 2.89. The van der Waals surface area contributed by atoms with Gasteiger partial charge < -0.3 is 5.32 Å². The van der Waals surface area contributed by atoms with E-state index in [1.807, 2.05) is 23.1 Å². The quantitative estimate of drug-likeness (QED) is 0.893. The van der Waals surface area contributed by atoms with Crippen molar-refractivity contribution in [2.24, 2.45) is 0 Å². The fraction of sp³-hybridized carbons (Fsp3) is 0.333. The third-order valence-corrected chi connectivity index (χ3v) is 5.75. The first-order valence-corrected chi connectivity index (χ1v) is 8.19. The van der Waals surface area contributed by atoms with Crippen molar-refractivity contribution in [3.8, 4) is 0 Å². The lowest BCUT2D eigenvalue weighted by Gasteiger charge is -2.16. The summed E-state index contributed by atoms with van der Waals surface area (Å²) in [5, 5.41) is 5.81. The molecule has 2 atom stereocenters. The number of nitrogens with one attached hydrogen (secondary N) is 1. The standard InChI is InChI=1S/C15H17NS2/c1-11(14-7-4-8-17-14)16-9-12-10-18-15-6-3-2-5-13(12)15/h2-8,11-12,16H,9-10H2,1H3/t11-,12?/m1/s1. The zero-order valence-electron chi connectivity index (χ0n) is 10.4. The number of hydrogen-bond acceptors (Lipinski definition) is 3. The lowest BCUT2D eigenvalue weighted by molar-refractivity contribution is 0.547. The normalized spacial score (nSPS) is 19.7. The van der Waals surface area contributed by atoms with Crippen LogP contribution in [0.5, 0.6) is 0 Å². The van der Waals surface area contributed by atoms with Crippen molar-refractivity contribution in [2.75, 3.05) is 12.3 Å². The van der Waals surface area contributed by atoms with Crippen LogP contribution in [0.25, 0.3) is 0 Å². The Balaban J connectivity index is 1.62. The van der Waals surface area contributed by atoms with Gasteiger partial charge >= 0.3 is 0 Å². The maximum absolute atomic E-state index is 3.66. The van der Waals surface area contributed by atoms with Crippen LogP contribution in [-0.4, -0.2) is 12.3 Å². The molecule has 1 unspecified atom stereocenters. The van der Waals surface area contributed by atoms with Crippen LogP contribution >= 0.6 is 23.1 Å². The van der Waals surface area contributed by atoms with Crippen molar-refractivity contribution < 1.29 is 0 Å². The third-order valence-electron chi connectivity index (χ3n) is 3.44. The second-order valence-electron chi connectivity index (χ2n) is 4.69. The molecule has 94 valence electrons. The summed E-state index contributed by atoms with van der Waals surface area (Å²) in [5.74, 6) is 1.87. The van der Waals surface area contributed by atoms with E-state index in [0.717, 1.165) is 6.54 Å². The molecule has 3 rings (SSSR count). The number of thiophene rings is 1. The van der Waals surface area contributed by atoms with E-state index >= 15 is 0 Å². The SMILES string of the molecule is C[C@@H](NCC1CSc2ccccc21)c1cccs1. The second kappa shape index (κ2) is 5.47. The van der Waals surface area contributed by atoms with Gasteiger partial charge in [-0.2, -0.15) is 0 Å². The summed E-state index contributed by atoms with van der Waals surface area (Å²) < 4.78 is 0. The molecule has 1 nitrogen and oxygen atoms in total. The van der Waals surface area contributed by atoms with Crippen LogP contribution in [0.2, 0.25) is 0 Å². The molecular weight excluding hydrogens is 258 g/mol. The zero-order valence-corrected chi connectivity index (χ0v) is 12.1. The smallest absolute Gasteiger partial charge is 0.0386 e. The van der Waals surface area contributed by atoms with Gasteiger partial charge in [-0.25, -0.2) is 0 Å². The van der Waals surface area contributed by atoms with Crippen LogP contribution in [0.15, 0.2) is 46.7 Å². The average Bonchev–Trinajstić information content (AvgIpc) is 3.06. The molecule has 0 saturated heterocycles. The highest BCUT2D eigenvalue weighted by Crippen LogP contribution is 2.39. The van der Waals surface area contributed by atoms with Gasteiger partial charge in [0.1, 0.15) is 0 Å². The van der Waals surface area contributed by atoms with Gasteiger partial charge in [0.15, 0.2) is 0 Å². The van der Waals surface area contributed by atoms with Crippen molar-refractivity contribution >= 4 is 23.1 Å². The lowest BCUT2D eigenvalue weighted by atomic mass is 10.0. The molecule has 18 heavy (non-hydrogen) atoms. The van der Waals surface area contributed by atoms with Crippen molar-refractivity contribution in [3.05, 3.63) is 52.2 Å². The van der Waals surface area contributed by atoms with Crippen LogP contribution in [0.4, 0.5) is 0 Å². The predicted octanol–water partition coefficient (Wildman–Crippen LogP) is 4.29. The van der Waals surface area contributed by atoms with Gasteiger partial charge in [-0.05, 0) is 30.0 Å². The van der Waals surface area contributed by atoms with Crippen LogP contribution in [-0.2, 0) is 0 Å². The van der Waals surface area contributed by atoms with Crippen LogP contribution in [0.3, 0.4) is 0 Å². The van der Waals surface area contributed by atoms with Gasteiger partial charge in [-0.3, -0.25) is 0 Å². The zero-order chi connectivity index (χ0) is 12.4. The second-order valence-corrected chi connectivity index (χ2v) is 6.73. The number of thioether (sulfide) groups is 1. The molecule has 0 saturated carbocycles. The molecule has 1 aromatic carbocycles. The Morgan fingerprint density at radius 1 is 1.28 bits per heavy atom. The van der Waals surface area contributed by atoms with Gasteiger partial charge in [-0.1, -0.05) is 24.3 Å². The largest absolute Gasteiger partial charge is 0.309 e. The summed E-state index contributed by atoms with van der Waals surface area (Å²) in [6.07, 6.45) is 0. The van der Waals surface area contributed by atoms with E-state index in [1.54, 1.807) is 0 Å².